The zero-order valence-electron chi connectivity index (χ0n) is 11.3. The Balaban J connectivity index is 2.02. The van der Waals surface area contributed by atoms with E-state index in [9.17, 15) is 10.1 Å². The standard InChI is InChI=1S/C14H13N5O2/c1-9-6-13(17-8-14-15-4-5-16-14)11-7-10(19(20)21)2-3-12(11)18-9/h2-7H,8H2,1H3,(H,15,16)(H,17,18). The molecule has 0 unspecified atom stereocenters. The molecule has 2 aromatic heterocycles. The molecule has 0 fully saturated rings. The summed E-state index contributed by atoms with van der Waals surface area (Å²) < 4.78 is 0. The summed E-state index contributed by atoms with van der Waals surface area (Å²) in [5.74, 6) is 0.794. The molecule has 106 valence electrons. The summed E-state index contributed by atoms with van der Waals surface area (Å²) in [6, 6.07) is 6.53. The van der Waals surface area contributed by atoms with Crippen LogP contribution in [0.2, 0.25) is 0 Å². The van der Waals surface area contributed by atoms with Crippen molar-refractivity contribution in [3.8, 4) is 0 Å². The van der Waals surface area contributed by atoms with Gasteiger partial charge in [-0.05, 0) is 19.1 Å². The zero-order chi connectivity index (χ0) is 14.8. The number of aromatic nitrogens is 3. The van der Waals surface area contributed by atoms with Gasteiger partial charge in [-0.2, -0.15) is 0 Å². The minimum Gasteiger partial charge on any atom is -0.377 e. The third-order valence-corrected chi connectivity index (χ3v) is 3.13. The molecular formula is C14H13N5O2. The molecule has 3 rings (SSSR count). The van der Waals surface area contributed by atoms with E-state index in [-0.39, 0.29) is 5.69 Å². The number of non-ortho nitro benzene ring substituents is 1. The Kier molecular flexibility index (Phi) is 3.23. The average molecular weight is 283 g/mol. The number of benzene rings is 1. The Morgan fingerprint density at radius 1 is 1.38 bits per heavy atom. The second-order valence-electron chi connectivity index (χ2n) is 4.66. The Morgan fingerprint density at radius 2 is 2.24 bits per heavy atom. The number of aryl methyl sites for hydroxylation is 1. The van der Waals surface area contributed by atoms with E-state index in [1.807, 2.05) is 13.0 Å². The van der Waals surface area contributed by atoms with Crippen molar-refractivity contribution in [3.05, 3.63) is 58.3 Å². The molecule has 7 heteroatoms. The number of hydrogen-bond acceptors (Lipinski definition) is 5. The van der Waals surface area contributed by atoms with Crippen LogP contribution >= 0.6 is 0 Å². The zero-order valence-corrected chi connectivity index (χ0v) is 11.3. The number of nitrogens with one attached hydrogen (secondary N) is 2. The summed E-state index contributed by atoms with van der Waals surface area (Å²) in [4.78, 5) is 22.0. The highest BCUT2D eigenvalue weighted by molar-refractivity contribution is 5.93. The van der Waals surface area contributed by atoms with E-state index in [0.717, 1.165) is 28.1 Å². The minimum atomic E-state index is -0.407. The lowest BCUT2D eigenvalue weighted by Gasteiger charge is -2.09. The van der Waals surface area contributed by atoms with E-state index in [0.29, 0.717) is 6.54 Å². The van der Waals surface area contributed by atoms with Crippen LogP contribution in [0.4, 0.5) is 11.4 Å². The molecule has 2 N–H and O–H groups in total. The number of rotatable bonds is 4. The molecule has 0 spiro atoms. The van der Waals surface area contributed by atoms with Crippen molar-refractivity contribution in [1.29, 1.82) is 0 Å². The van der Waals surface area contributed by atoms with Gasteiger partial charge in [-0.1, -0.05) is 0 Å². The molecule has 0 radical (unpaired) electrons. The van der Waals surface area contributed by atoms with Crippen molar-refractivity contribution in [2.75, 3.05) is 5.32 Å². The second-order valence-corrected chi connectivity index (χ2v) is 4.66. The Morgan fingerprint density at radius 3 is 2.95 bits per heavy atom. The van der Waals surface area contributed by atoms with Crippen LogP contribution in [0.5, 0.6) is 0 Å². The normalized spacial score (nSPS) is 10.7. The number of anilines is 1. The summed E-state index contributed by atoms with van der Waals surface area (Å²) in [5, 5.41) is 14.9. The van der Waals surface area contributed by atoms with Crippen LogP contribution in [-0.2, 0) is 6.54 Å². The van der Waals surface area contributed by atoms with Gasteiger partial charge in [0.1, 0.15) is 5.82 Å². The summed E-state index contributed by atoms with van der Waals surface area (Å²) in [7, 11) is 0. The molecule has 0 saturated carbocycles. The molecular weight excluding hydrogens is 270 g/mol. The number of nitro benzene ring substituents is 1. The second kappa shape index (κ2) is 5.20. The van der Waals surface area contributed by atoms with Crippen molar-refractivity contribution in [2.24, 2.45) is 0 Å². The summed E-state index contributed by atoms with van der Waals surface area (Å²) in [6.45, 7) is 2.40. The van der Waals surface area contributed by atoms with Crippen molar-refractivity contribution >= 4 is 22.3 Å². The molecule has 1 aromatic carbocycles. The summed E-state index contributed by atoms with van der Waals surface area (Å²) in [5.41, 5.74) is 2.42. The van der Waals surface area contributed by atoms with Gasteiger partial charge in [0, 0.05) is 41.3 Å². The number of aromatic amines is 1. The molecule has 0 saturated heterocycles. The summed E-state index contributed by atoms with van der Waals surface area (Å²) in [6.07, 6.45) is 3.43. The quantitative estimate of drug-likeness (QED) is 0.567. The maximum Gasteiger partial charge on any atom is 0.270 e. The minimum absolute atomic E-state index is 0.0502. The molecule has 3 aromatic rings. The van der Waals surface area contributed by atoms with E-state index >= 15 is 0 Å². The van der Waals surface area contributed by atoms with Crippen LogP contribution in [0.25, 0.3) is 10.9 Å². The third kappa shape index (κ3) is 2.66. The molecule has 2 heterocycles. The predicted octanol–water partition coefficient (Wildman–Crippen LogP) is 2.79. The topological polar surface area (TPSA) is 96.7 Å². The van der Waals surface area contributed by atoms with E-state index in [1.165, 1.54) is 12.1 Å². The van der Waals surface area contributed by atoms with Crippen molar-refractivity contribution in [2.45, 2.75) is 13.5 Å². The SMILES string of the molecule is Cc1cc(NCc2ncc[nH]2)c2cc([N+](=O)[O-])ccc2n1. The number of nitrogens with zero attached hydrogens (tertiary/aromatic N) is 3. The molecule has 0 aliphatic heterocycles. The van der Waals surface area contributed by atoms with Crippen molar-refractivity contribution in [3.63, 3.8) is 0 Å². The Labute approximate surface area is 120 Å². The van der Waals surface area contributed by atoms with Gasteiger partial charge in [0.15, 0.2) is 0 Å². The van der Waals surface area contributed by atoms with Gasteiger partial charge in [0.05, 0.1) is 17.0 Å². The van der Waals surface area contributed by atoms with Gasteiger partial charge in [-0.15, -0.1) is 0 Å². The lowest BCUT2D eigenvalue weighted by atomic mass is 10.1. The number of nitro groups is 1. The predicted molar refractivity (Wildman–Crippen MR) is 79.0 cm³/mol. The molecule has 7 nitrogen and oxygen atoms in total. The van der Waals surface area contributed by atoms with E-state index in [1.54, 1.807) is 18.5 Å². The molecule has 0 bridgehead atoms. The first-order valence-corrected chi connectivity index (χ1v) is 6.41. The number of imidazole rings is 1. The lowest BCUT2D eigenvalue weighted by Crippen LogP contribution is -2.03. The fraction of sp³-hybridized carbons (Fsp3) is 0.143. The summed E-state index contributed by atoms with van der Waals surface area (Å²) >= 11 is 0. The highest BCUT2D eigenvalue weighted by Gasteiger charge is 2.11. The van der Waals surface area contributed by atoms with Crippen LogP contribution in [0.3, 0.4) is 0 Å². The Bertz CT molecular complexity index is 798. The highest BCUT2D eigenvalue weighted by Crippen LogP contribution is 2.27. The largest absolute Gasteiger partial charge is 0.377 e. The molecule has 0 aliphatic carbocycles. The first kappa shape index (κ1) is 13.0. The van der Waals surface area contributed by atoms with Crippen LogP contribution in [0, 0.1) is 17.0 Å². The van der Waals surface area contributed by atoms with Gasteiger partial charge in [-0.25, -0.2) is 4.98 Å². The number of hydrogen-bond donors (Lipinski definition) is 2. The van der Waals surface area contributed by atoms with Crippen molar-refractivity contribution in [1.82, 2.24) is 15.0 Å². The first-order chi connectivity index (χ1) is 10.1. The number of H-pyrrole nitrogens is 1. The molecule has 0 aliphatic rings. The first-order valence-electron chi connectivity index (χ1n) is 6.41. The van der Waals surface area contributed by atoms with Gasteiger partial charge in [-0.3, -0.25) is 15.1 Å². The van der Waals surface area contributed by atoms with E-state index in [4.69, 9.17) is 0 Å². The van der Waals surface area contributed by atoms with E-state index in [2.05, 4.69) is 20.3 Å². The number of fused-ring (bicyclic) bond motifs is 1. The third-order valence-electron chi connectivity index (χ3n) is 3.13. The Hall–Kier alpha value is -2.96. The fourth-order valence-electron chi connectivity index (χ4n) is 2.18. The maximum atomic E-state index is 10.9. The maximum absolute atomic E-state index is 10.9. The lowest BCUT2D eigenvalue weighted by molar-refractivity contribution is -0.384. The molecule has 21 heavy (non-hydrogen) atoms. The fourth-order valence-corrected chi connectivity index (χ4v) is 2.18. The monoisotopic (exact) mass is 283 g/mol. The van der Waals surface area contributed by atoms with Crippen LogP contribution in [-0.4, -0.2) is 19.9 Å². The van der Waals surface area contributed by atoms with Crippen molar-refractivity contribution < 1.29 is 4.92 Å². The van der Waals surface area contributed by atoms with Crippen LogP contribution in [0.1, 0.15) is 11.5 Å². The molecule has 0 amide bonds. The van der Waals surface area contributed by atoms with Gasteiger partial charge >= 0.3 is 0 Å². The average Bonchev–Trinajstić information content (AvgIpc) is 2.97. The van der Waals surface area contributed by atoms with Gasteiger partial charge in [0.2, 0.25) is 0 Å². The van der Waals surface area contributed by atoms with Crippen LogP contribution in [0.15, 0.2) is 36.7 Å². The van der Waals surface area contributed by atoms with Crippen LogP contribution < -0.4 is 5.32 Å². The number of pyridine rings is 1. The smallest absolute Gasteiger partial charge is 0.270 e. The molecule has 0 atom stereocenters. The van der Waals surface area contributed by atoms with Gasteiger partial charge < -0.3 is 10.3 Å². The highest BCUT2D eigenvalue weighted by atomic mass is 16.6. The van der Waals surface area contributed by atoms with E-state index < -0.39 is 4.92 Å². The van der Waals surface area contributed by atoms with Gasteiger partial charge in [0.25, 0.3) is 5.69 Å².